The molecule has 1 spiro atoms. The number of ketones is 1. The molecule has 1 aromatic carbocycles. The highest BCUT2D eigenvalue weighted by Gasteiger charge is 2.58. The molecule has 0 N–H and O–H groups in total. The van der Waals surface area contributed by atoms with E-state index in [1.165, 1.54) is 6.08 Å². The van der Waals surface area contributed by atoms with Gasteiger partial charge in [-0.15, -0.1) is 11.3 Å². The van der Waals surface area contributed by atoms with Crippen molar-refractivity contribution in [1.29, 1.82) is 0 Å². The molecule has 0 saturated carbocycles. The molecule has 1 aliphatic carbocycles. The van der Waals surface area contributed by atoms with E-state index in [1.807, 2.05) is 41.8 Å². The maximum Gasteiger partial charge on any atom is 0.334 e. The lowest BCUT2D eigenvalue weighted by atomic mass is 9.71. The van der Waals surface area contributed by atoms with Crippen LogP contribution in [0.2, 0.25) is 0 Å². The number of ether oxygens (including phenoxy) is 1. The average Bonchev–Trinajstić information content (AvgIpc) is 3.23. The van der Waals surface area contributed by atoms with Crippen molar-refractivity contribution in [3.05, 3.63) is 69.6 Å². The molecular formula is C22H20O3S. The first-order valence-electron chi connectivity index (χ1n) is 8.93. The van der Waals surface area contributed by atoms with E-state index < -0.39 is 11.4 Å². The van der Waals surface area contributed by atoms with E-state index in [4.69, 9.17) is 4.74 Å². The third-order valence-electron chi connectivity index (χ3n) is 5.14. The second kappa shape index (κ2) is 6.36. The number of unbranched alkanes of at least 4 members (excludes halogenated alkanes) is 1. The Kier molecular flexibility index (Phi) is 4.16. The van der Waals surface area contributed by atoms with Gasteiger partial charge in [0.2, 0.25) is 0 Å². The van der Waals surface area contributed by atoms with Gasteiger partial charge in [-0.1, -0.05) is 43.7 Å². The molecule has 0 amide bonds. The smallest absolute Gasteiger partial charge is 0.334 e. The zero-order valence-electron chi connectivity index (χ0n) is 14.9. The van der Waals surface area contributed by atoms with E-state index in [-0.39, 0.29) is 5.78 Å². The van der Waals surface area contributed by atoms with E-state index in [9.17, 15) is 9.59 Å². The lowest BCUT2D eigenvalue weighted by molar-refractivity contribution is -0.148. The quantitative estimate of drug-likeness (QED) is 0.558. The van der Waals surface area contributed by atoms with E-state index in [1.54, 1.807) is 18.3 Å². The lowest BCUT2D eigenvalue weighted by Crippen LogP contribution is -2.46. The Labute approximate surface area is 157 Å². The number of allylic oxidation sites excluding steroid dienone is 3. The topological polar surface area (TPSA) is 43.4 Å². The Morgan fingerprint density at radius 1 is 1.12 bits per heavy atom. The van der Waals surface area contributed by atoms with Crippen LogP contribution in [0.4, 0.5) is 0 Å². The molecular weight excluding hydrogens is 344 g/mol. The first kappa shape index (κ1) is 17.0. The highest BCUT2D eigenvalue weighted by atomic mass is 32.1. The summed E-state index contributed by atoms with van der Waals surface area (Å²) in [6.07, 6.45) is 4.36. The SMILES string of the molecule is CCCCC1=C(c2cccs2)C2(C(=O)C=C(C)OC2=O)c2ccccc21. The second-order valence-electron chi connectivity index (χ2n) is 6.74. The summed E-state index contributed by atoms with van der Waals surface area (Å²) < 4.78 is 5.50. The molecule has 2 heterocycles. The zero-order chi connectivity index (χ0) is 18.3. The third kappa shape index (κ3) is 2.25. The minimum absolute atomic E-state index is 0.200. The van der Waals surface area contributed by atoms with E-state index in [2.05, 4.69) is 6.92 Å². The lowest BCUT2D eigenvalue weighted by Gasteiger charge is -2.32. The fourth-order valence-electron chi connectivity index (χ4n) is 4.05. The molecule has 0 fully saturated rings. The minimum Gasteiger partial charge on any atom is -0.430 e. The number of carbonyl (C=O) groups is 2. The molecule has 1 aromatic heterocycles. The fraction of sp³-hybridized carbons (Fsp3) is 0.273. The van der Waals surface area contributed by atoms with Crippen LogP contribution in [0.1, 0.15) is 49.1 Å². The first-order chi connectivity index (χ1) is 12.6. The summed E-state index contributed by atoms with van der Waals surface area (Å²) in [5.41, 5.74) is 2.31. The van der Waals surface area contributed by atoms with Crippen molar-refractivity contribution in [2.45, 2.75) is 38.5 Å². The van der Waals surface area contributed by atoms with Gasteiger partial charge in [-0.05, 0) is 47.9 Å². The summed E-state index contributed by atoms with van der Waals surface area (Å²) in [5.74, 6) is -0.325. The Balaban J connectivity index is 2.07. The first-order valence-corrected chi connectivity index (χ1v) is 9.81. The van der Waals surface area contributed by atoms with Crippen molar-refractivity contribution >= 4 is 34.2 Å². The second-order valence-corrected chi connectivity index (χ2v) is 7.69. The Bertz CT molecular complexity index is 950. The average molecular weight is 364 g/mol. The summed E-state index contributed by atoms with van der Waals surface area (Å²) >= 11 is 1.56. The van der Waals surface area contributed by atoms with Crippen LogP contribution in [0.3, 0.4) is 0 Å². The van der Waals surface area contributed by atoms with Crippen LogP contribution in [-0.2, 0) is 19.7 Å². The Morgan fingerprint density at radius 3 is 2.62 bits per heavy atom. The van der Waals surface area contributed by atoms with Crippen LogP contribution < -0.4 is 0 Å². The van der Waals surface area contributed by atoms with Crippen LogP contribution in [0, 0.1) is 0 Å². The van der Waals surface area contributed by atoms with Gasteiger partial charge in [0.1, 0.15) is 5.76 Å². The maximum absolute atomic E-state index is 13.3. The standard InChI is InChI=1S/C22H20O3S/c1-3-4-8-16-15-9-5-6-10-17(15)22(20(16)18-11-7-12-26-18)19(23)13-14(2)25-21(22)24/h5-7,9-13H,3-4,8H2,1-2H3. The van der Waals surface area contributed by atoms with Crippen molar-refractivity contribution in [2.24, 2.45) is 0 Å². The zero-order valence-corrected chi connectivity index (χ0v) is 15.7. The number of carbonyl (C=O) groups excluding carboxylic acids is 2. The summed E-state index contributed by atoms with van der Waals surface area (Å²) in [7, 11) is 0. The number of hydrogen-bond acceptors (Lipinski definition) is 4. The van der Waals surface area contributed by atoms with Crippen molar-refractivity contribution in [2.75, 3.05) is 0 Å². The highest BCUT2D eigenvalue weighted by Crippen LogP contribution is 2.55. The number of rotatable bonds is 4. The Hall–Kier alpha value is -2.46. The Morgan fingerprint density at radius 2 is 1.92 bits per heavy atom. The monoisotopic (exact) mass is 364 g/mol. The van der Waals surface area contributed by atoms with Crippen LogP contribution in [-0.4, -0.2) is 11.8 Å². The van der Waals surface area contributed by atoms with Crippen molar-refractivity contribution in [3.63, 3.8) is 0 Å². The van der Waals surface area contributed by atoms with Gasteiger partial charge in [0, 0.05) is 16.5 Å². The summed E-state index contributed by atoms with van der Waals surface area (Å²) in [4.78, 5) is 27.5. The predicted molar refractivity (Wildman–Crippen MR) is 104 cm³/mol. The van der Waals surface area contributed by atoms with Crippen LogP contribution in [0.5, 0.6) is 0 Å². The predicted octanol–water partition coefficient (Wildman–Crippen LogP) is 5.13. The van der Waals surface area contributed by atoms with E-state index >= 15 is 0 Å². The van der Waals surface area contributed by atoms with Gasteiger partial charge >= 0.3 is 5.97 Å². The van der Waals surface area contributed by atoms with Crippen molar-refractivity contribution in [3.8, 4) is 0 Å². The molecule has 4 rings (SSSR count). The van der Waals surface area contributed by atoms with Gasteiger partial charge in [0.05, 0.1) is 0 Å². The highest BCUT2D eigenvalue weighted by molar-refractivity contribution is 7.11. The number of benzene rings is 1. The molecule has 2 aromatic rings. The molecule has 3 nitrogen and oxygen atoms in total. The summed E-state index contributed by atoms with van der Waals surface area (Å²) in [6.45, 7) is 3.80. The van der Waals surface area contributed by atoms with Gasteiger partial charge in [0.15, 0.2) is 11.2 Å². The molecule has 0 radical (unpaired) electrons. The van der Waals surface area contributed by atoms with Gasteiger partial charge in [0.25, 0.3) is 0 Å². The number of esters is 1. The van der Waals surface area contributed by atoms with Gasteiger partial charge in [-0.3, -0.25) is 4.79 Å². The van der Waals surface area contributed by atoms with E-state index in [0.717, 1.165) is 46.4 Å². The van der Waals surface area contributed by atoms with Gasteiger partial charge < -0.3 is 4.74 Å². The summed E-state index contributed by atoms with van der Waals surface area (Å²) in [5, 5.41) is 1.98. The largest absolute Gasteiger partial charge is 0.430 e. The molecule has 1 atom stereocenters. The van der Waals surface area contributed by atoms with Crippen LogP contribution in [0.25, 0.3) is 11.1 Å². The fourth-order valence-corrected chi connectivity index (χ4v) is 4.91. The van der Waals surface area contributed by atoms with Gasteiger partial charge in [-0.2, -0.15) is 0 Å². The molecule has 1 unspecified atom stereocenters. The molecule has 2 aliphatic rings. The molecule has 1 aliphatic heterocycles. The van der Waals surface area contributed by atoms with Crippen molar-refractivity contribution < 1.29 is 14.3 Å². The molecule has 26 heavy (non-hydrogen) atoms. The number of thiophene rings is 1. The van der Waals surface area contributed by atoms with Crippen molar-refractivity contribution in [1.82, 2.24) is 0 Å². The number of fused-ring (bicyclic) bond motifs is 2. The normalized spacial score (nSPS) is 21.8. The molecule has 0 bridgehead atoms. The van der Waals surface area contributed by atoms with Gasteiger partial charge in [-0.25, -0.2) is 4.79 Å². The molecule has 132 valence electrons. The maximum atomic E-state index is 13.3. The van der Waals surface area contributed by atoms with Crippen LogP contribution >= 0.6 is 11.3 Å². The van der Waals surface area contributed by atoms with E-state index in [0.29, 0.717) is 5.76 Å². The molecule has 4 heteroatoms. The number of cyclic esters (lactones) is 1. The summed E-state index contributed by atoms with van der Waals surface area (Å²) in [6, 6.07) is 11.7. The third-order valence-corrected chi connectivity index (χ3v) is 6.03. The number of hydrogen-bond donors (Lipinski definition) is 0. The van der Waals surface area contributed by atoms with Crippen LogP contribution in [0.15, 0.2) is 53.6 Å². The molecule has 0 saturated heterocycles. The minimum atomic E-state index is -1.37.